The highest BCUT2D eigenvalue weighted by Gasteiger charge is 2.09. The summed E-state index contributed by atoms with van der Waals surface area (Å²) in [6.07, 6.45) is 0. The van der Waals surface area contributed by atoms with Crippen LogP contribution in [-0.2, 0) is 9.24 Å². The molecule has 0 atom stereocenters. The minimum absolute atomic E-state index is 0.314. The Labute approximate surface area is 53.8 Å². The first kappa shape index (κ1) is 8.20. The van der Waals surface area contributed by atoms with Crippen LogP contribution >= 0.6 is 10.7 Å². The van der Waals surface area contributed by atoms with Crippen molar-refractivity contribution in [2.45, 2.75) is 0 Å². The zero-order valence-corrected chi connectivity index (χ0v) is 5.48. The summed E-state index contributed by atoms with van der Waals surface area (Å²) in [4.78, 5) is 0. The van der Waals surface area contributed by atoms with Gasteiger partial charge in [0.05, 0.1) is 7.05 Å². The molecule has 4 radical (unpaired) electrons. The second kappa shape index (κ2) is 2.66. The summed E-state index contributed by atoms with van der Waals surface area (Å²) in [6, 6.07) is 0. The second-order valence-corrected chi connectivity index (χ2v) is 3.47. The van der Waals surface area contributed by atoms with Crippen LogP contribution in [0.15, 0.2) is 0 Å². The van der Waals surface area contributed by atoms with E-state index < -0.39 is 9.24 Å². The van der Waals surface area contributed by atoms with Gasteiger partial charge in [-0.25, -0.2) is 0 Å². The number of nitrogens with zero attached hydrogens (tertiary/aromatic N) is 1. The molecule has 8 heavy (non-hydrogen) atoms. The molecule has 0 aromatic rings. The first-order chi connectivity index (χ1) is 3.48. The maximum Gasteiger partial charge on any atom is 0.300 e. The van der Waals surface area contributed by atoms with Gasteiger partial charge < -0.3 is 0 Å². The van der Waals surface area contributed by atoms with Crippen molar-refractivity contribution in [1.82, 2.24) is 4.31 Å². The summed E-state index contributed by atoms with van der Waals surface area (Å²) in [5.74, 6) is 0. The predicted molar refractivity (Wildman–Crippen MR) is 30.1 cm³/mol. The normalized spacial score (nSPS) is 12.5. The average Bonchev–Trinajstić information content (AvgIpc) is 1.62. The standard InChI is InChI=1S/C3H4ClNO2S/c1-3-5(2)8(4,6)7/h1-2H,3H2. The van der Waals surface area contributed by atoms with Crippen LogP contribution in [0.5, 0.6) is 0 Å². The summed E-state index contributed by atoms with van der Waals surface area (Å²) < 4.78 is 20.4. The third-order valence-corrected chi connectivity index (χ3v) is 1.70. The quantitative estimate of drug-likeness (QED) is 0.419. The van der Waals surface area contributed by atoms with E-state index >= 15 is 0 Å². The third kappa shape index (κ3) is 2.49. The molecule has 0 amide bonds. The topological polar surface area (TPSA) is 37.4 Å². The van der Waals surface area contributed by atoms with E-state index in [4.69, 9.17) is 14.0 Å². The minimum atomic E-state index is -3.79. The number of hydrogen-bond acceptors (Lipinski definition) is 2. The van der Waals surface area contributed by atoms with Crippen molar-refractivity contribution >= 4 is 19.9 Å². The number of halogens is 1. The molecule has 0 rings (SSSR count). The van der Waals surface area contributed by atoms with Gasteiger partial charge in [0.25, 0.3) is 9.24 Å². The molecule has 0 saturated carbocycles. The fourth-order valence-electron chi connectivity index (χ4n) is 0.0890. The van der Waals surface area contributed by atoms with E-state index in [1.54, 1.807) is 0 Å². The highest BCUT2D eigenvalue weighted by molar-refractivity contribution is 8.11. The molecule has 0 saturated heterocycles. The molecule has 0 aliphatic heterocycles. The zero-order valence-electron chi connectivity index (χ0n) is 3.91. The van der Waals surface area contributed by atoms with E-state index in [0.717, 1.165) is 0 Å². The van der Waals surface area contributed by atoms with Gasteiger partial charge in [0.15, 0.2) is 0 Å². The molecule has 5 heteroatoms. The second-order valence-electron chi connectivity index (χ2n) is 1.01. The van der Waals surface area contributed by atoms with Crippen LogP contribution in [0.25, 0.3) is 0 Å². The molecule has 0 bridgehead atoms. The Morgan fingerprint density at radius 2 is 2.00 bits per heavy atom. The summed E-state index contributed by atoms with van der Waals surface area (Å²) in [5, 5.41) is 0. The van der Waals surface area contributed by atoms with Gasteiger partial charge in [0, 0.05) is 17.2 Å². The Balaban J connectivity index is 4.04. The smallest absolute Gasteiger partial charge is 0.195 e. The summed E-state index contributed by atoms with van der Waals surface area (Å²) >= 11 is 0. The first-order valence-electron chi connectivity index (χ1n) is 1.65. The van der Waals surface area contributed by atoms with E-state index in [-0.39, 0.29) is 6.54 Å². The van der Waals surface area contributed by atoms with Crippen molar-refractivity contribution in [2.24, 2.45) is 0 Å². The highest BCUT2D eigenvalue weighted by atomic mass is 35.7. The molecule has 0 unspecified atom stereocenters. The molecule has 0 aromatic carbocycles. The molecule has 0 aliphatic rings. The van der Waals surface area contributed by atoms with Crippen molar-refractivity contribution in [3.63, 3.8) is 0 Å². The lowest BCUT2D eigenvalue weighted by molar-refractivity contribution is 0.535. The molecule has 0 aliphatic carbocycles. The number of rotatable bonds is 2. The summed E-state index contributed by atoms with van der Waals surface area (Å²) in [6.45, 7) is 4.48. The Bertz CT molecular complexity index is 153. The van der Waals surface area contributed by atoms with Crippen LogP contribution in [0.4, 0.5) is 0 Å². The van der Waals surface area contributed by atoms with E-state index in [0.29, 0.717) is 4.31 Å². The lowest BCUT2D eigenvalue weighted by Gasteiger charge is -2.05. The van der Waals surface area contributed by atoms with Crippen LogP contribution in [0.2, 0.25) is 0 Å². The molecule has 0 heterocycles. The van der Waals surface area contributed by atoms with E-state index in [2.05, 4.69) is 10.7 Å². The Morgan fingerprint density at radius 3 is 2.00 bits per heavy atom. The van der Waals surface area contributed by atoms with E-state index in [1.807, 2.05) is 0 Å². The Kier molecular flexibility index (Phi) is 2.73. The van der Waals surface area contributed by atoms with Gasteiger partial charge in [-0.15, -0.1) is 0 Å². The average molecular weight is 154 g/mol. The SMILES string of the molecule is [CH]CN([CH])S(=O)(=O)Cl. The van der Waals surface area contributed by atoms with Gasteiger partial charge >= 0.3 is 0 Å². The van der Waals surface area contributed by atoms with Gasteiger partial charge in [-0.2, -0.15) is 12.7 Å². The molecule has 3 nitrogen and oxygen atoms in total. The molecule has 0 fully saturated rings. The highest BCUT2D eigenvalue weighted by Crippen LogP contribution is 2.01. The maximum atomic E-state index is 10.0. The van der Waals surface area contributed by atoms with Gasteiger partial charge in [-0.3, -0.25) is 0 Å². The third-order valence-electron chi connectivity index (χ3n) is 0.460. The fourth-order valence-corrected chi connectivity index (χ4v) is 0.436. The van der Waals surface area contributed by atoms with Crippen molar-refractivity contribution in [2.75, 3.05) is 6.54 Å². The lowest BCUT2D eigenvalue weighted by Crippen LogP contribution is -2.18. The molecular weight excluding hydrogens is 150 g/mol. The van der Waals surface area contributed by atoms with Crippen LogP contribution in [0, 0.1) is 14.0 Å². The van der Waals surface area contributed by atoms with Gasteiger partial charge in [0.2, 0.25) is 0 Å². The molecule has 0 N–H and O–H groups in total. The molecule has 0 spiro atoms. The first-order valence-corrected chi connectivity index (χ1v) is 3.92. The summed E-state index contributed by atoms with van der Waals surface area (Å²) in [7, 11) is 5.62. The van der Waals surface area contributed by atoms with Gasteiger partial charge in [-0.05, 0) is 6.92 Å². The van der Waals surface area contributed by atoms with E-state index in [1.165, 1.54) is 0 Å². The molecular formula is C3H4ClNO2S. The number of hydrogen-bond donors (Lipinski definition) is 0. The lowest BCUT2D eigenvalue weighted by atomic mass is 10.8. The Morgan fingerprint density at radius 1 is 1.62 bits per heavy atom. The van der Waals surface area contributed by atoms with Crippen molar-refractivity contribution < 1.29 is 8.42 Å². The van der Waals surface area contributed by atoms with Gasteiger partial charge in [0.1, 0.15) is 0 Å². The van der Waals surface area contributed by atoms with Crippen LogP contribution in [0.3, 0.4) is 0 Å². The maximum absolute atomic E-state index is 10.0. The minimum Gasteiger partial charge on any atom is -0.195 e. The van der Waals surface area contributed by atoms with Crippen molar-refractivity contribution in [3.05, 3.63) is 14.0 Å². The zero-order chi connectivity index (χ0) is 6.78. The van der Waals surface area contributed by atoms with Crippen molar-refractivity contribution in [3.8, 4) is 0 Å². The van der Waals surface area contributed by atoms with Crippen LogP contribution < -0.4 is 0 Å². The van der Waals surface area contributed by atoms with E-state index in [9.17, 15) is 8.42 Å². The fraction of sp³-hybridized carbons (Fsp3) is 0.333. The molecule has 46 valence electrons. The monoisotopic (exact) mass is 153 g/mol. The predicted octanol–water partition coefficient (Wildman–Crippen LogP) is 0.152. The van der Waals surface area contributed by atoms with Gasteiger partial charge in [-0.1, -0.05) is 0 Å². The van der Waals surface area contributed by atoms with Crippen LogP contribution in [0.1, 0.15) is 0 Å². The largest absolute Gasteiger partial charge is 0.300 e. The summed E-state index contributed by atoms with van der Waals surface area (Å²) in [5.41, 5.74) is 0. The van der Waals surface area contributed by atoms with Crippen LogP contribution in [-0.4, -0.2) is 19.3 Å². The Hall–Kier alpha value is 0.200. The van der Waals surface area contributed by atoms with Crippen molar-refractivity contribution in [1.29, 1.82) is 0 Å². The molecule has 0 aromatic heterocycles.